The summed E-state index contributed by atoms with van der Waals surface area (Å²) in [5.41, 5.74) is 2.11. The van der Waals surface area contributed by atoms with E-state index in [1.807, 2.05) is 0 Å². The van der Waals surface area contributed by atoms with Crippen molar-refractivity contribution >= 4 is 11.6 Å². The number of pyridine rings is 1. The second-order valence-corrected chi connectivity index (χ2v) is 5.42. The van der Waals surface area contributed by atoms with Crippen molar-refractivity contribution in [1.82, 2.24) is 9.88 Å². The standard InChI is InChI=1S/C13H21F2N5/c1-8(2)20-4-3-9(7-20)6-17-12-10(14)5-11(15)13(18-12)19-16/h5,8-9H,3-4,6-7,16H2,1-2H3,(H2,17,18,19). The molecular formula is C13H21F2N5. The number of aromatic nitrogens is 1. The SMILES string of the molecule is CC(C)N1CCC(CNc2nc(NN)c(F)cc2F)C1. The zero-order chi connectivity index (χ0) is 14.7. The second kappa shape index (κ2) is 6.32. The number of likely N-dealkylation sites (tertiary alicyclic amines) is 1. The first kappa shape index (κ1) is 14.9. The number of hydrazine groups is 1. The Labute approximate surface area is 117 Å². The van der Waals surface area contributed by atoms with Gasteiger partial charge in [0.2, 0.25) is 0 Å². The number of halogens is 2. The van der Waals surface area contributed by atoms with Gasteiger partial charge in [-0.15, -0.1) is 0 Å². The summed E-state index contributed by atoms with van der Waals surface area (Å²) in [7, 11) is 0. The molecule has 0 aliphatic carbocycles. The molecule has 0 bridgehead atoms. The molecule has 1 saturated heterocycles. The van der Waals surface area contributed by atoms with E-state index in [0.717, 1.165) is 25.6 Å². The molecule has 1 atom stereocenters. The van der Waals surface area contributed by atoms with Gasteiger partial charge in [-0.05, 0) is 32.7 Å². The summed E-state index contributed by atoms with van der Waals surface area (Å²) in [4.78, 5) is 6.18. The van der Waals surface area contributed by atoms with Gasteiger partial charge >= 0.3 is 0 Å². The van der Waals surface area contributed by atoms with E-state index < -0.39 is 11.6 Å². The van der Waals surface area contributed by atoms with Crippen LogP contribution in [0.4, 0.5) is 20.4 Å². The molecular weight excluding hydrogens is 264 g/mol. The fourth-order valence-corrected chi connectivity index (χ4v) is 2.43. The summed E-state index contributed by atoms with van der Waals surface area (Å²) in [5.74, 6) is 3.93. The van der Waals surface area contributed by atoms with Crippen molar-refractivity contribution in [2.45, 2.75) is 26.3 Å². The molecule has 1 aliphatic rings. The fraction of sp³-hybridized carbons (Fsp3) is 0.615. The lowest BCUT2D eigenvalue weighted by molar-refractivity contribution is 0.266. The van der Waals surface area contributed by atoms with Crippen molar-refractivity contribution in [2.24, 2.45) is 11.8 Å². The van der Waals surface area contributed by atoms with Crippen molar-refractivity contribution in [3.8, 4) is 0 Å². The summed E-state index contributed by atoms with van der Waals surface area (Å²) in [6.07, 6.45) is 1.07. The third-order valence-corrected chi connectivity index (χ3v) is 3.67. The van der Waals surface area contributed by atoms with E-state index in [4.69, 9.17) is 5.84 Å². The molecule has 20 heavy (non-hydrogen) atoms. The molecule has 0 amide bonds. The summed E-state index contributed by atoms with van der Waals surface area (Å²) in [6.45, 7) is 6.98. The molecule has 112 valence electrons. The van der Waals surface area contributed by atoms with Gasteiger partial charge in [-0.25, -0.2) is 19.6 Å². The summed E-state index contributed by atoms with van der Waals surface area (Å²) in [5, 5.41) is 2.94. The third-order valence-electron chi connectivity index (χ3n) is 3.67. The highest BCUT2D eigenvalue weighted by Gasteiger charge is 2.24. The molecule has 0 spiro atoms. The van der Waals surface area contributed by atoms with Gasteiger partial charge in [-0.1, -0.05) is 0 Å². The van der Waals surface area contributed by atoms with Crippen LogP contribution in [-0.2, 0) is 0 Å². The van der Waals surface area contributed by atoms with E-state index in [0.29, 0.717) is 18.5 Å². The zero-order valence-electron chi connectivity index (χ0n) is 11.8. The predicted molar refractivity (Wildman–Crippen MR) is 75.3 cm³/mol. The highest BCUT2D eigenvalue weighted by Crippen LogP contribution is 2.21. The van der Waals surface area contributed by atoms with Gasteiger partial charge in [-0.3, -0.25) is 0 Å². The Bertz CT molecular complexity index is 466. The number of anilines is 2. The number of nitrogens with one attached hydrogen (secondary N) is 2. The number of nitrogens with two attached hydrogens (primary N) is 1. The van der Waals surface area contributed by atoms with Crippen molar-refractivity contribution in [3.63, 3.8) is 0 Å². The van der Waals surface area contributed by atoms with Crippen LogP contribution in [0, 0.1) is 17.6 Å². The number of hydrogen-bond donors (Lipinski definition) is 3. The van der Waals surface area contributed by atoms with E-state index in [2.05, 4.69) is 34.5 Å². The first-order chi connectivity index (χ1) is 9.51. The number of rotatable bonds is 5. The lowest BCUT2D eigenvalue weighted by atomic mass is 10.1. The number of nitrogens with zero attached hydrogens (tertiary/aromatic N) is 2. The summed E-state index contributed by atoms with van der Waals surface area (Å²) in [6, 6.07) is 1.30. The van der Waals surface area contributed by atoms with Gasteiger partial charge in [-0.2, -0.15) is 0 Å². The third kappa shape index (κ3) is 3.34. The molecule has 2 heterocycles. The highest BCUT2D eigenvalue weighted by atomic mass is 19.1. The van der Waals surface area contributed by atoms with Crippen molar-refractivity contribution in [3.05, 3.63) is 17.7 Å². The maximum Gasteiger partial charge on any atom is 0.178 e. The van der Waals surface area contributed by atoms with Crippen LogP contribution in [0.1, 0.15) is 20.3 Å². The summed E-state index contributed by atoms with van der Waals surface area (Å²) < 4.78 is 26.8. The normalized spacial score (nSPS) is 19.6. The Balaban J connectivity index is 1.95. The van der Waals surface area contributed by atoms with Crippen LogP contribution in [0.5, 0.6) is 0 Å². The quantitative estimate of drug-likeness (QED) is 0.568. The van der Waals surface area contributed by atoms with E-state index in [9.17, 15) is 8.78 Å². The minimum Gasteiger partial charge on any atom is -0.367 e. The molecule has 0 saturated carbocycles. The van der Waals surface area contributed by atoms with Crippen LogP contribution in [0.2, 0.25) is 0 Å². The van der Waals surface area contributed by atoms with Crippen LogP contribution in [0.15, 0.2) is 6.07 Å². The zero-order valence-corrected chi connectivity index (χ0v) is 11.8. The van der Waals surface area contributed by atoms with E-state index in [1.165, 1.54) is 0 Å². The maximum atomic E-state index is 13.6. The molecule has 1 aromatic rings. The van der Waals surface area contributed by atoms with Crippen molar-refractivity contribution in [2.75, 3.05) is 30.4 Å². The lowest BCUT2D eigenvalue weighted by Crippen LogP contribution is -2.29. The fourth-order valence-electron chi connectivity index (χ4n) is 2.43. The first-order valence-electron chi connectivity index (χ1n) is 6.81. The average molecular weight is 285 g/mol. The van der Waals surface area contributed by atoms with Crippen LogP contribution < -0.4 is 16.6 Å². The van der Waals surface area contributed by atoms with E-state index in [-0.39, 0.29) is 11.6 Å². The first-order valence-corrected chi connectivity index (χ1v) is 6.81. The van der Waals surface area contributed by atoms with Crippen molar-refractivity contribution in [1.29, 1.82) is 0 Å². The van der Waals surface area contributed by atoms with Gasteiger partial charge in [0, 0.05) is 25.2 Å². The molecule has 7 heteroatoms. The van der Waals surface area contributed by atoms with Gasteiger partial charge in [0.05, 0.1) is 0 Å². The largest absolute Gasteiger partial charge is 0.367 e. The van der Waals surface area contributed by atoms with E-state index in [1.54, 1.807) is 0 Å². The van der Waals surface area contributed by atoms with Crippen LogP contribution >= 0.6 is 0 Å². The van der Waals surface area contributed by atoms with Gasteiger partial charge in [0.1, 0.15) is 0 Å². The Kier molecular flexibility index (Phi) is 4.72. The lowest BCUT2D eigenvalue weighted by Gasteiger charge is -2.20. The van der Waals surface area contributed by atoms with Crippen LogP contribution in [-0.4, -0.2) is 35.6 Å². The Morgan fingerprint density at radius 3 is 2.70 bits per heavy atom. The minimum absolute atomic E-state index is 0.0300. The highest BCUT2D eigenvalue weighted by molar-refractivity contribution is 5.46. The van der Waals surface area contributed by atoms with Crippen LogP contribution in [0.25, 0.3) is 0 Å². The minimum atomic E-state index is -0.803. The Morgan fingerprint density at radius 2 is 2.10 bits per heavy atom. The second-order valence-electron chi connectivity index (χ2n) is 5.42. The molecule has 1 aromatic heterocycles. The molecule has 1 unspecified atom stereocenters. The summed E-state index contributed by atoms with van der Waals surface area (Å²) >= 11 is 0. The average Bonchev–Trinajstić information content (AvgIpc) is 2.87. The van der Waals surface area contributed by atoms with Crippen molar-refractivity contribution < 1.29 is 8.78 Å². The maximum absolute atomic E-state index is 13.6. The molecule has 1 fully saturated rings. The molecule has 0 radical (unpaired) electrons. The predicted octanol–water partition coefficient (Wildman–Crippen LogP) is 1.79. The molecule has 1 aliphatic heterocycles. The number of nitrogen functional groups attached to an aromatic ring is 1. The van der Waals surface area contributed by atoms with E-state index >= 15 is 0 Å². The molecule has 0 aromatic carbocycles. The number of hydrogen-bond acceptors (Lipinski definition) is 5. The molecule has 5 nitrogen and oxygen atoms in total. The van der Waals surface area contributed by atoms with Crippen LogP contribution in [0.3, 0.4) is 0 Å². The Morgan fingerprint density at radius 1 is 1.40 bits per heavy atom. The van der Waals surface area contributed by atoms with Gasteiger partial charge in [0.25, 0.3) is 0 Å². The monoisotopic (exact) mass is 285 g/mol. The Hall–Kier alpha value is -1.47. The molecule has 4 N–H and O–H groups in total. The topological polar surface area (TPSA) is 66.2 Å². The van der Waals surface area contributed by atoms with Gasteiger partial charge in [0.15, 0.2) is 23.3 Å². The van der Waals surface area contributed by atoms with Gasteiger partial charge < -0.3 is 15.6 Å². The smallest absolute Gasteiger partial charge is 0.178 e. The molecule has 2 rings (SSSR count).